The number of aromatic nitrogens is 1. The number of hydrogen-bond donors (Lipinski definition) is 1. The van der Waals surface area contributed by atoms with Crippen molar-refractivity contribution in [1.82, 2.24) is 4.98 Å². The van der Waals surface area contributed by atoms with E-state index in [1.807, 2.05) is 24.4 Å². The van der Waals surface area contributed by atoms with Crippen molar-refractivity contribution in [3.63, 3.8) is 0 Å². The quantitative estimate of drug-likeness (QED) is 0.177. The maximum Gasteiger partial charge on any atom is 0.303 e. The Morgan fingerprint density at radius 3 is 2.28 bits per heavy atom. The highest BCUT2D eigenvalue weighted by molar-refractivity contribution is 6.04. The first-order valence-corrected chi connectivity index (χ1v) is 20.2. The molecule has 0 unspecified atom stereocenters. The minimum absolute atomic E-state index is 0.0357. The van der Waals surface area contributed by atoms with Crippen molar-refractivity contribution < 1.29 is 33.4 Å². The molecule has 0 aliphatic heterocycles. The molecule has 5 aliphatic carbocycles. The fourth-order valence-electron chi connectivity index (χ4n) is 13.4. The number of anilines is 1. The predicted molar refractivity (Wildman–Crippen MR) is 207 cm³/mol. The van der Waals surface area contributed by atoms with Crippen LogP contribution in [0, 0.1) is 56.7 Å². The summed E-state index contributed by atoms with van der Waals surface area (Å²) in [5, 5.41) is 5.43. The second-order valence-corrected chi connectivity index (χ2v) is 18.8. The molecule has 0 spiro atoms. The molecule has 292 valence electrons. The van der Waals surface area contributed by atoms with Gasteiger partial charge in [-0.15, -0.1) is 0 Å². The third-order valence-electron chi connectivity index (χ3n) is 16.2. The van der Waals surface area contributed by atoms with Gasteiger partial charge in [-0.1, -0.05) is 77.5 Å². The number of nitrogens with one attached hydrogen (secondary N) is 1. The van der Waals surface area contributed by atoms with Crippen LogP contribution in [-0.4, -0.2) is 47.6 Å². The first-order valence-electron chi connectivity index (χ1n) is 20.2. The van der Waals surface area contributed by atoms with Crippen LogP contribution in [0.3, 0.4) is 0 Å². The van der Waals surface area contributed by atoms with Crippen molar-refractivity contribution in [3.8, 4) is 0 Å². The van der Waals surface area contributed by atoms with Gasteiger partial charge in [0.25, 0.3) is 0 Å². The normalized spacial score (nSPS) is 41.1. The van der Waals surface area contributed by atoms with E-state index >= 15 is 0 Å². The number of fused-ring (bicyclic) bond motifs is 8. The Labute approximate surface area is 320 Å². The van der Waals surface area contributed by atoms with Crippen LogP contribution in [0.15, 0.2) is 48.3 Å². The molecule has 1 heterocycles. The number of carbonyl (C=O) groups excluding carboxylic acids is 4. The topological polar surface area (TPSA) is 121 Å². The Bertz CT molecular complexity index is 1890. The Morgan fingerprint density at radius 2 is 1.57 bits per heavy atom. The van der Waals surface area contributed by atoms with Gasteiger partial charge in [0.15, 0.2) is 0 Å². The molecule has 9 nitrogen and oxygen atoms in total. The molecular formula is C45H60N2O7. The lowest BCUT2D eigenvalue weighted by Crippen LogP contribution is -2.69. The van der Waals surface area contributed by atoms with Gasteiger partial charge in [0.1, 0.15) is 18.8 Å². The van der Waals surface area contributed by atoms with Gasteiger partial charge in [-0.3, -0.25) is 24.2 Å². The van der Waals surface area contributed by atoms with Crippen LogP contribution < -0.4 is 5.32 Å². The smallest absolute Gasteiger partial charge is 0.303 e. The maximum absolute atomic E-state index is 14.9. The van der Waals surface area contributed by atoms with E-state index in [0.29, 0.717) is 18.3 Å². The number of allylic oxidation sites excluding steroid dienone is 2. The molecule has 12 atom stereocenters. The van der Waals surface area contributed by atoms with Crippen LogP contribution in [-0.2, 0) is 33.4 Å². The second kappa shape index (κ2) is 13.5. The minimum Gasteiger partial charge on any atom is -0.465 e. The van der Waals surface area contributed by atoms with Gasteiger partial charge < -0.3 is 19.5 Å². The Kier molecular flexibility index (Phi) is 9.61. The van der Waals surface area contributed by atoms with Crippen LogP contribution in [0.1, 0.15) is 114 Å². The van der Waals surface area contributed by atoms with Crippen LogP contribution in [0.5, 0.6) is 0 Å². The number of ether oxygens (including phenoxy) is 3. The zero-order chi connectivity index (χ0) is 39.0. The lowest BCUT2D eigenvalue weighted by atomic mass is 9.33. The lowest BCUT2D eigenvalue weighted by Gasteiger charge is -2.72. The monoisotopic (exact) mass is 740 g/mol. The average molecular weight is 741 g/mol. The van der Waals surface area contributed by atoms with Crippen molar-refractivity contribution in [3.05, 3.63) is 48.3 Å². The highest BCUT2D eigenvalue weighted by Crippen LogP contribution is 2.76. The highest BCUT2D eigenvalue weighted by Gasteiger charge is 2.72. The Hall–Kier alpha value is -3.75. The van der Waals surface area contributed by atoms with E-state index in [1.54, 1.807) is 6.20 Å². The van der Waals surface area contributed by atoms with Crippen LogP contribution in [0.25, 0.3) is 10.8 Å². The molecule has 0 radical (unpaired) electrons. The number of esters is 3. The Morgan fingerprint density at radius 1 is 0.852 bits per heavy atom. The zero-order valence-corrected chi connectivity index (χ0v) is 33.8. The first kappa shape index (κ1) is 38.5. The van der Waals surface area contributed by atoms with E-state index in [-0.39, 0.29) is 46.5 Å². The number of nitrogens with zero attached hydrogens (tertiary/aromatic N) is 1. The van der Waals surface area contributed by atoms with Crippen molar-refractivity contribution in [2.24, 2.45) is 56.7 Å². The van der Waals surface area contributed by atoms with E-state index in [2.05, 4.69) is 64.0 Å². The summed E-state index contributed by atoms with van der Waals surface area (Å²) in [6, 6.07) is 8.09. The van der Waals surface area contributed by atoms with E-state index in [1.165, 1.54) is 26.3 Å². The molecule has 7 rings (SSSR count). The summed E-state index contributed by atoms with van der Waals surface area (Å²) in [7, 11) is 0. The van der Waals surface area contributed by atoms with Gasteiger partial charge in [-0.2, -0.15) is 0 Å². The van der Waals surface area contributed by atoms with Crippen LogP contribution in [0.2, 0.25) is 0 Å². The SMILES string of the molecule is CC(=O)OC[C@@]1(C)[C@@H]2CC[C@]3(C)[C@H](CC=C4[C@@H]5[C@@H](C)[C@H](C)CC[C@]5(C(=O)Nc5cncc6ccccc56)CC[C@]43C)[C@@]2(C)C[C@@H](OC(C)=O)[C@@H]1OC(C)=O. The molecule has 1 amide bonds. The van der Waals surface area contributed by atoms with Gasteiger partial charge >= 0.3 is 17.9 Å². The average Bonchev–Trinajstić information content (AvgIpc) is 3.10. The highest BCUT2D eigenvalue weighted by atomic mass is 16.6. The van der Waals surface area contributed by atoms with Crippen molar-refractivity contribution in [1.29, 1.82) is 0 Å². The predicted octanol–water partition coefficient (Wildman–Crippen LogP) is 8.85. The summed E-state index contributed by atoms with van der Waals surface area (Å²) in [5.74, 6) is 0.0158. The molecule has 5 aliphatic rings. The number of rotatable bonds is 6. The molecule has 1 aromatic carbocycles. The third-order valence-corrected chi connectivity index (χ3v) is 16.2. The van der Waals surface area contributed by atoms with Crippen LogP contribution in [0.4, 0.5) is 5.69 Å². The minimum atomic E-state index is -0.778. The summed E-state index contributed by atoms with van der Waals surface area (Å²) in [6.45, 7) is 18.3. The van der Waals surface area contributed by atoms with E-state index in [4.69, 9.17) is 14.2 Å². The number of carbonyl (C=O) groups is 4. The van der Waals surface area contributed by atoms with Gasteiger partial charge in [0.2, 0.25) is 5.91 Å². The van der Waals surface area contributed by atoms with E-state index in [9.17, 15) is 19.2 Å². The third kappa shape index (κ3) is 5.72. The van der Waals surface area contributed by atoms with Gasteiger partial charge in [-0.05, 0) is 97.2 Å². The summed E-state index contributed by atoms with van der Waals surface area (Å²) in [4.78, 5) is 56.9. The molecule has 1 N–H and O–H groups in total. The van der Waals surface area contributed by atoms with Crippen molar-refractivity contribution in [2.45, 2.75) is 126 Å². The molecule has 2 aromatic rings. The van der Waals surface area contributed by atoms with Gasteiger partial charge in [0, 0.05) is 43.2 Å². The zero-order valence-electron chi connectivity index (χ0n) is 33.8. The molecule has 4 fully saturated rings. The number of hydrogen-bond acceptors (Lipinski definition) is 8. The summed E-state index contributed by atoms with van der Waals surface area (Å²) < 4.78 is 17.9. The fraction of sp³-hybridized carbons (Fsp3) is 0.667. The maximum atomic E-state index is 14.9. The van der Waals surface area contributed by atoms with Crippen LogP contribution >= 0.6 is 0 Å². The first-order chi connectivity index (χ1) is 25.4. The molecule has 4 saturated carbocycles. The Balaban J connectivity index is 1.30. The molecule has 0 bridgehead atoms. The fourth-order valence-corrected chi connectivity index (χ4v) is 13.4. The van der Waals surface area contributed by atoms with E-state index in [0.717, 1.165) is 61.4 Å². The summed E-state index contributed by atoms with van der Waals surface area (Å²) >= 11 is 0. The number of pyridine rings is 1. The number of benzene rings is 1. The molecule has 1 aromatic heterocycles. The van der Waals surface area contributed by atoms with E-state index < -0.39 is 40.9 Å². The lowest BCUT2D eigenvalue weighted by molar-refractivity contribution is -0.255. The number of amides is 1. The second-order valence-electron chi connectivity index (χ2n) is 18.8. The largest absolute Gasteiger partial charge is 0.465 e. The molecular weight excluding hydrogens is 681 g/mol. The molecule has 54 heavy (non-hydrogen) atoms. The molecule has 0 saturated heterocycles. The standard InChI is InChI=1S/C45H60N2O7/c1-26-16-19-45(40(51)47-34-24-46-23-31-12-10-11-13-32(31)34)21-20-43(8)33(38(45)27(26)2)14-15-37-41(6)22-35(53-29(4)49)39(54-30(5)50)42(7,25-52-28(3)48)36(41)17-18-44(37,43)9/h10-14,23-24,26-27,35-39H,15-22,25H2,1-9H3,(H,47,51)/t26-,27+,35-,36-,37-,38+,39+,41+,42+,43-,44-,45+/m1/s1. The van der Waals surface area contributed by atoms with Gasteiger partial charge in [0.05, 0.1) is 17.3 Å². The molecule has 9 heteroatoms. The van der Waals surface area contributed by atoms with Crippen molar-refractivity contribution in [2.75, 3.05) is 11.9 Å². The summed E-state index contributed by atoms with van der Waals surface area (Å²) in [5.41, 5.74) is 0.299. The van der Waals surface area contributed by atoms with Crippen molar-refractivity contribution >= 4 is 40.3 Å². The van der Waals surface area contributed by atoms with Gasteiger partial charge in [-0.25, -0.2) is 0 Å². The summed E-state index contributed by atoms with van der Waals surface area (Å²) in [6.07, 6.45) is 11.5.